The number of aliphatic carboxylic acids is 1. The van der Waals surface area contributed by atoms with E-state index in [1.165, 1.54) is 17.1 Å². The molecule has 1 aromatic rings. The van der Waals surface area contributed by atoms with Crippen molar-refractivity contribution in [1.82, 2.24) is 9.78 Å². The van der Waals surface area contributed by atoms with Gasteiger partial charge in [0.2, 0.25) is 5.91 Å². The average Bonchev–Trinajstić information content (AvgIpc) is 2.97. The third-order valence-electron chi connectivity index (χ3n) is 2.81. The summed E-state index contributed by atoms with van der Waals surface area (Å²) >= 11 is 0. The number of carboxylic acids is 1. The first kappa shape index (κ1) is 14.0. The first-order valence-corrected chi connectivity index (χ1v) is 5.95. The van der Waals surface area contributed by atoms with E-state index in [4.69, 9.17) is 15.6 Å². The summed E-state index contributed by atoms with van der Waals surface area (Å²) in [7, 11) is 0. The molecule has 20 heavy (non-hydrogen) atoms. The molecule has 2 amide bonds. The van der Waals surface area contributed by atoms with E-state index in [1.807, 2.05) is 0 Å². The molecule has 1 saturated heterocycles. The number of nitrogens with zero attached hydrogens (tertiary/aromatic N) is 2. The number of aromatic nitrogens is 2. The number of hydrogen-bond acceptors (Lipinski definition) is 5. The van der Waals surface area contributed by atoms with Gasteiger partial charge in [-0.2, -0.15) is 5.10 Å². The van der Waals surface area contributed by atoms with Crippen LogP contribution >= 0.6 is 0 Å². The van der Waals surface area contributed by atoms with Crippen molar-refractivity contribution >= 4 is 23.5 Å². The molecule has 1 aromatic heterocycles. The van der Waals surface area contributed by atoms with Crippen LogP contribution in [-0.4, -0.2) is 44.9 Å². The largest absolute Gasteiger partial charge is 0.479 e. The molecule has 1 aliphatic rings. The van der Waals surface area contributed by atoms with Crippen LogP contribution in [0.4, 0.5) is 5.69 Å². The van der Waals surface area contributed by atoms with Crippen LogP contribution in [0.3, 0.4) is 0 Å². The second kappa shape index (κ2) is 5.70. The number of rotatable bonds is 5. The van der Waals surface area contributed by atoms with E-state index in [2.05, 4.69) is 10.4 Å². The van der Waals surface area contributed by atoms with E-state index in [-0.39, 0.29) is 6.54 Å². The van der Waals surface area contributed by atoms with E-state index in [1.54, 1.807) is 0 Å². The Morgan fingerprint density at radius 1 is 1.45 bits per heavy atom. The summed E-state index contributed by atoms with van der Waals surface area (Å²) in [6, 6.07) is 0. The lowest BCUT2D eigenvalue weighted by molar-refractivity contribution is -0.150. The van der Waals surface area contributed by atoms with Crippen LogP contribution in [-0.2, 0) is 25.7 Å². The molecule has 0 unspecified atom stereocenters. The molecule has 4 N–H and O–H groups in total. The molecule has 0 radical (unpaired) electrons. The number of carbonyl (C=O) groups is 3. The quantitative estimate of drug-likeness (QED) is 0.629. The zero-order valence-corrected chi connectivity index (χ0v) is 10.5. The average molecular weight is 282 g/mol. The predicted octanol–water partition coefficient (Wildman–Crippen LogP) is -1.06. The van der Waals surface area contributed by atoms with Gasteiger partial charge in [0.05, 0.1) is 11.9 Å². The van der Waals surface area contributed by atoms with Crippen molar-refractivity contribution in [2.75, 3.05) is 5.32 Å². The summed E-state index contributed by atoms with van der Waals surface area (Å²) in [5.74, 6) is -2.06. The fourth-order valence-electron chi connectivity index (χ4n) is 1.91. The Kier molecular flexibility index (Phi) is 3.99. The maximum absolute atomic E-state index is 11.9. The molecule has 1 aliphatic heterocycles. The Morgan fingerprint density at radius 2 is 2.15 bits per heavy atom. The number of hydrogen-bond donors (Lipinski definition) is 3. The Morgan fingerprint density at radius 3 is 2.75 bits per heavy atom. The van der Waals surface area contributed by atoms with Crippen molar-refractivity contribution < 1.29 is 24.2 Å². The number of nitrogens with one attached hydrogen (secondary N) is 1. The predicted molar refractivity (Wildman–Crippen MR) is 65.6 cm³/mol. The molecular weight excluding hydrogens is 268 g/mol. The summed E-state index contributed by atoms with van der Waals surface area (Å²) < 4.78 is 6.40. The van der Waals surface area contributed by atoms with Crippen LogP contribution in [0.5, 0.6) is 0 Å². The number of anilines is 1. The van der Waals surface area contributed by atoms with Gasteiger partial charge in [-0.3, -0.25) is 14.3 Å². The smallest absolute Gasteiger partial charge is 0.332 e. The van der Waals surface area contributed by atoms with Gasteiger partial charge in [0.15, 0.2) is 6.10 Å². The minimum atomic E-state index is -1.07. The number of carbonyl (C=O) groups excluding carboxylic acids is 2. The summed E-state index contributed by atoms with van der Waals surface area (Å²) in [6.07, 6.45) is 1.72. The number of amides is 2. The molecule has 2 atom stereocenters. The molecular formula is C11H14N4O5. The minimum absolute atomic E-state index is 0.0864. The fourth-order valence-corrected chi connectivity index (χ4v) is 1.91. The first-order valence-electron chi connectivity index (χ1n) is 5.95. The van der Waals surface area contributed by atoms with Crippen LogP contribution in [0.25, 0.3) is 0 Å². The lowest BCUT2D eigenvalue weighted by Crippen LogP contribution is -2.29. The third kappa shape index (κ3) is 3.32. The second-order valence-electron chi connectivity index (χ2n) is 4.41. The summed E-state index contributed by atoms with van der Waals surface area (Å²) in [5, 5.41) is 15.2. The van der Waals surface area contributed by atoms with E-state index < -0.39 is 30.0 Å². The SMILES string of the molecule is NC(=O)Cn1cc(NC(=O)[C@@H]2CC[C@H](C(=O)O)O2)cn1. The Bertz CT molecular complexity index is 541. The summed E-state index contributed by atoms with van der Waals surface area (Å²) in [6.45, 7) is -0.0864. The zero-order chi connectivity index (χ0) is 14.7. The van der Waals surface area contributed by atoms with Gasteiger partial charge < -0.3 is 20.9 Å². The van der Waals surface area contributed by atoms with E-state index >= 15 is 0 Å². The summed E-state index contributed by atoms with van der Waals surface area (Å²) in [4.78, 5) is 33.3. The molecule has 2 heterocycles. The molecule has 0 bridgehead atoms. The van der Waals surface area contributed by atoms with Gasteiger partial charge in [-0.1, -0.05) is 0 Å². The Hall–Kier alpha value is -2.42. The van der Waals surface area contributed by atoms with Crippen molar-refractivity contribution in [3.8, 4) is 0 Å². The van der Waals surface area contributed by atoms with Crippen molar-refractivity contribution in [3.63, 3.8) is 0 Å². The van der Waals surface area contributed by atoms with Gasteiger partial charge >= 0.3 is 5.97 Å². The minimum Gasteiger partial charge on any atom is -0.479 e. The summed E-state index contributed by atoms with van der Waals surface area (Å²) in [5.41, 5.74) is 5.40. The number of carboxylic acid groups (broad SMARTS) is 1. The van der Waals surface area contributed by atoms with Gasteiger partial charge in [-0.15, -0.1) is 0 Å². The lowest BCUT2D eigenvalue weighted by atomic mass is 10.2. The molecule has 0 aromatic carbocycles. The molecule has 0 aliphatic carbocycles. The van der Waals surface area contributed by atoms with Crippen LogP contribution in [0, 0.1) is 0 Å². The molecule has 0 spiro atoms. The zero-order valence-electron chi connectivity index (χ0n) is 10.5. The van der Waals surface area contributed by atoms with Gasteiger partial charge in [-0.25, -0.2) is 4.79 Å². The van der Waals surface area contributed by atoms with Crippen molar-refractivity contribution in [3.05, 3.63) is 12.4 Å². The number of nitrogens with two attached hydrogens (primary N) is 1. The van der Waals surface area contributed by atoms with Gasteiger partial charge in [0.1, 0.15) is 12.6 Å². The van der Waals surface area contributed by atoms with E-state index in [0.717, 1.165) is 0 Å². The highest BCUT2D eigenvalue weighted by Crippen LogP contribution is 2.21. The van der Waals surface area contributed by atoms with Crippen molar-refractivity contribution in [1.29, 1.82) is 0 Å². The fraction of sp³-hybridized carbons (Fsp3) is 0.455. The van der Waals surface area contributed by atoms with Crippen LogP contribution in [0.1, 0.15) is 12.8 Å². The number of primary amides is 1. The maximum atomic E-state index is 11.9. The van der Waals surface area contributed by atoms with Crippen molar-refractivity contribution in [2.24, 2.45) is 5.73 Å². The molecule has 9 heteroatoms. The van der Waals surface area contributed by atoms with Crippen LogP contribution in [0.15, 0.2) is 12.4 Å². The van der Waals surface area contributed by atoms with Crippen LogP contribution in [0.2, 0.25) is 0 Å². The second-order valence-corrected chi connectivity index (χ2v) is 4.41. The standard InChI is InChI=1S/C11H14N4O5/c12-9(16)5-15-4-6(3-13-15)14-10(17)7-1-2-8(20-7)11(18)19/h3-4,7-8H,1-2,5H2,(H2,12,16)(H,14,17)(H,18,19)/t7-,8+/m0/s1. The number of ether oxygens (including phenoxy) is 1. The molecule has 0 saturated carbocycles. The molecule has 2 rings (SSSR count). The van der Waals surface area contributed by atoms with E-state index in [9.17, 15) is 14.4 Å². The highest BCUT2D eigenvalue weighted by molar-refractivity contribution is 5.94. The van der Waals surface area contributed by atoms with E-state index in [0.29, 0.717) is 18.5 Å². The first-order chi connectivity index (χ1) is 9.45. The topological polar surface area (TPSA) is 137 Å². The Balaban J connectivity index is 1.90. The molecule has 1 fully saturated rings. The normalized spacial score (nSPS) is 21.6. The monoisotopic (exact) mass is 282 g/mol. The van der Waals surface area contributed by atoms with Crippen LogP contribution < -0.4 is 11.1 Å². The molecule has 9 nitrogen and oxygen atoms in total. The highest BCUT2D eigenvalue weighted by atomic mass is 16.5. The lowest BCUT2D eigenvalue weighted by Gasteiger charge is -2.10. The highest BCUT2D eigenvalue weighted by Gasteiger charge is 2.34. The maximum Gasteiger partial charge on any atom is 0.332 e. The third-order valence-corrected chi connectivity index (χ3v) is 2.81. The van der Waals surface area contributed by atoms with Gasteiger partial charge in [0, 0.05) is 6.20 Å². The van der Waals surface area contributed by atoms with Gasteiger partial charge in [-0.05, 0) is 12.8 Å². The Labute approximate surface area is 113 Å². The van der Waals surface area contributed by atoms with Gasteiger partial charge in [0.25, 0.3) is 5.91 Å². The molecule has 108 valence electrons. The van der Waals surface area contributed by atoms with Crippen molar-refractivity contribution in [2.45, 2.75) is 31.6 Å².